The van der Waals surface area contributed by atoms with Gasteiger partial charge in [0.2, 0.25) is 11.8 Å². The maximum absolute atomic E-state index is 15.1. The Morgan fingerprint density at radius 3 is 2.05 bits per heavy atom. The number of rotatable bonds is 12. The van der Waals surface area contributed by atoms with Crippen LogP contribution in [0.15, 0.2) is 108 Å². The average Bonchev–Trinajstić information content (AvgIpc) is 2.99. The molecule has 0 heterocycles. The van der Waals surface area contributed by atoms with Gasteiger partial charge >= 0.3 is 0 Å². The minimum Gasteiger partial charge on any atom is -0.355 e. The summed E-state index contributed by atoms with van der Waals surface area (Å²) in [5.41, 5.74) is 1.36. The summed E-state index contributed by atoms with van der Waals surface area (Å²) in [6, 6.07) is 24.9. The quantitative estimate of drug-likeness (QED) is 0.239. The SMILES string of the molecule is CCNC(=O)[C@H](Cc1ccccc1)N(Cc1ccccc1F)C(=O)CN(c1ccccc1F)S(=O)(=O)c1ccc(C)cc1. The van der Waals surface area contributed by atoms with Gasteiger partial charge in [-0.05, 0) is 49.7 Å². The van der Waals surface area contributed by atoms with Crippen molar-refractivity contribution in [2.45, 2.75) is 37.8 Å². The third-order valence-corrected chi connectivity index (χ3v) is 8.70. The number of hydrogen-bond donors (Lipinski definition) is 1. The lowest BCUT2D eigenvalue weighted by molar-refractivity contribution is -0.140. The van der Waals surface area contributed by atoms with Crippen molar-refractivity contribution >= 4 is 27.5 Å². The molecule has 0 aliphatic rings. The number of likely N-dealkylation sites (N-methyl/N-ethyl adjacent to an activating group) is 1. The molecule has 10 heteroatoms. The van der Waals surface area contributed by atoms with Crippen LogP contribution in [0.5, 0.6) is 0 Å². The molecule has 0 unspecified atom stereocenters. The number of para-hydroxylation sites is 1. The van der Waals surface area contributed by atoms with E-state index >= 15 is 4.39 Å². The van der Waals surface area contributed by atoms with Gasteiger partial charge in [-0.2, -0.15) is 0 Å². The fraction of sp³-hybridized carbons (Fsp3) is 0.212. The first kappa shape index (κ1) is 31.4. The highest BCUT2D eigenvalue weighted by molar-refractivity contribution is 7.92. The van der Waals surface area contributed by atoms with Crippen LogP contribution in [0.2, 0.25) is 0 Å². The molecule has 2 amide bonds. The number of hydrogen-bond acceptors (Lipinski definition) is 4. The molecule has 4 aromatic carbocycles. The van der Waals surface area contributed by atoms with Gasteiger partial charge in [0, 0.05) is 25.1 Å². The maximum atomic E-state index is 15.1. The number of sulfonamides is 1. The second-order valence-corrected chi connectivity index (χ2v) is 11.9. The highest BCUT2D eigenvalue weighted by Crippen LogP contribution is 2.27. The molecular weight excluding hydrogens is 572 g/mol. The van der Waals surface area contributed by atoms with Crippen LogP contribution in [0.1, 0.15) is 23.6 Å². The number of nitrogens with zero attached hydrogens (tertiary/aromatic N) is 2. The van der Waals surface area contributed by atoms with Crippen molar-refractivity contribution in [3.8, 4) is 0 Å². The van der Waals surface area contributed by atoms with E-state index in [1.165, 1.54) is 48.5 Å². The number of amides is 2. The number of aryl methyl sites for hydroxylation is 1. The molecule has 0 bridgehead atoms. The van der Waals surface area contributed by atoms with Gasteiger partial charge in [-0.25, -0.2) is 17.2 Å². The highest BCUT2D eigenvalue weighted by Gasteiger charge is 2.35. The van der Waals surface area contributed by atoms with E-state index in [9.17, 15) is 22.4 Å². The van der Waals surface area contributed by atoms with E-state index in [4.69, 9.17) is 0 Å². The van der Waals surface area contributed by atoms with Crippen LogP contribution in [-0.4, -0.2) is 44.3 Å². The molecule has 0 spiro atoms. The molecule has 0 aliphatic heterocycles. The van der Waals surface area contributed by atoms with Crippen molar-refractivity contribution < 1.29 is 26.8 Å². The van der Waals surface area contributed by atoms with Gasteiger partial charge in [0.05, 0.1) is 10.6 Å². The fourth-order valence-electron chi connectivity index (χ4n) is 4.66. The number of carbonyl (C=O) groups excluding carboxylic acids is 2. The number of nitrogens with one attached hydrogen (secondary N) is 1. The third kappa shape index (κ3) is 7.64. The molecular formula is C33H33F2N3O4S. The number of halogens is 2. The smallest absolute Gasteiger partial charge is 0.264 e. The lowest BCUT2D eigenvalue weighted by atomic mass is 10.0. The summed E-state index contributed by atoms with van der Waals surface area (Å²) in [4.78, 5) is 28.7. The third-order valence-electron chi connectivity index (χ3n) is 6.93. The van der Waals surface area contributed by atoms with Gasteiger partial charge in [0.25, 0.3) is 10.0 Å². The Morgan fingerprint density at radius 1 is 0.814 bits per heavy atom. The summed E-state index contributed by atoms with van der Waals surface area (Å²) in [5, 5.41) is 2.74. The van der Waals surface area contributed by atoms with E-state index in [0.717, 1.165) is 22.1 Å². The second-order valence-electron chi connectivity index (χ2n) is 9.99. The van der Waals surface area contributed by atoms with Crippen molar-refractivity contribution in [2.24, 2.45) is 0 Å². The standard InChI is InChI=1S/C33H33F2N3O4S/c1-3-36-33(40)31(21-25-11-5-4-6-12-25)37(22-26-13-7-8-14-28(26)34)32(39)23-38(30-16-10-9-15-29(30)35)43(41,42)27-19-17-24(2)18-20-27/h4-20,31H,3,21-23H2,1-2H3,(H,36,40)/t31-/m0/s1. The fourth-order valence-corrected chi connectivity index (χ4v) is 6.08. The first-order chi connectivity index (χ1) is 20.6. The van der Waals surface area contributed by atoms with Gasteiger partial charge in [-0.3, -0.25) is 13.9 Å². The van der Waals surface area contributed by atoms with Gasteiger partial charge in [0.15, 0.2) is 0 Å². The Hall–Kier alpha value is -4.57. The topological polar surface area (TPSA) is 86.8 Å². The van der Waals surface area contributed by atoms with E-state index in [1.807, 2.05) is 6.07 Å². The van der Waals surface area contributed by atoms with Crippen molar-refractivity contribution in [3.63, 3.8) is 0 Å². The zero-order chi connectivity index (χ0) is 31.0. The Bertz CT molecular complexity index is 1670. The molecule has 0 saturated heterocycles. The molecule has 1 N–H and O–H groups in total. The minimum absolute atomic E-state index is 0.0806. The summed E-state index contributed by atoms with van der Waals surface area (Å²) in [5.74, 6) is -2.74. The summed E-state index contributed by atoms with van der Waals surface area (Å²) in [6.07, 6.45) is 0.0806. The number of carbonyl (C=O) groups is 2. The Balaban J connectivity index is 1.81. The van der Waals surface area contributed by atoms with Crippen LogP contribution in [-0.2, 0) is 32.6 Å². The molecule has 7 nitrogen and oxygen atoms in total. The second kappa shape index (κ2) is 14.1. The van der Waals surface area contributed by atoms with E-state index in [-0.39, 0.29) is 35.7 Å². The van der Waals surface area contributed by atoms with Crippen LogP contribution in [0, 0.1) is 18.6 Å². The Kier molecular flexibility index (Phi) is 10.3. The molecule has 0 radical (unpaired) electrons. The van der Waals surface area contributed by atoms with Crippen LogP contribution in [0.4, 0.5) is 14.5 Å². The summed E-state index contributed by atoms with van der Waals surface area (Å²) >= 11 is 0. The van der Waals surface area contributed by atoms with Crippen LogP contribution >= 0.6 is 0 Å². The lowest BCUT2D eigenvalue weighted by Crippen LogP contribution is -2.53. The Morgan fingerprint density at radius 2 is 1.42 bits per heavy atom. The lowest BCUT2D eigenvalue weighted by Gasteiger charge is -2.34. The maximum Gasteiger partial charge on any atom is 0.264 e. The van der Waals surface area contributed by atoms with Crippen LogP contribution in [0.3, 0.4) is 0 Å². The first-order valence-corrected chi connectivity index (χ1v) is 15.2. The van der Waals surface area contributed by atoms with E-state index in [2.05, 4.69) is 5.32 Å². The zero-order valence-electron chi connectivity index (χ0n) is 23.9. The molecule has 0 fully saturated rings. The van der Waals surface area contributed by atoms with Gasteiger partial charge in [-0.1, -0.05) is 78.4 Å². The summed E-state index contributed by atoms with van der Waals surface area (Å²) in [6.45, 7) is 2.64. The Labute approximate surface area is 250 Å². The van der Waals surface area contributed by atoms with E-state index in [1.54, 1.807) is 56.3 Å². The van der Waals surface area contributed by atoms with Gasteiger partial charge < -0.3 is 10.2 Å². The van der Waals surface area contributed by atoms with Crippen molar-refractivity contribution in [3.05, 3.63) is 131 Å². The van der Waals surface area contributed by atoms with Crippen molar-refractivity contribution in [1.82, 2.24) is 10.2 Å². The largest absolute Gasteiger partial charge is 0.355 e. The molecule has 224 valence electrons. The molecule has 0 aromatic heterocycles. The predicted molar refractivity (Wildman–Crippen MR) is 162 cm³/mol. The normalized spacial score (nSPS) is 11.9. The van der Waals surface area contributed by atoms with E-state index < -0.39 is 46.1 Å². The van der Waals surface area contributed by atoms with Gasteiger partial charge in [0.1, 0.15) is 24.2 Å². The number of anilines is 1. The predicted octanol–water partition coefficient (Wildman–Crippen LogP) is 5.24. The molecule has 4 rings (SSSR count). The minimum atomic E-state index is -4.45. The van der Waals surface area contributed by atoms with Crippen molar-refractivity contribution in [1.29, 1.82) is 0 Å². The summed E-state index contributed by atoms with van der Waals surface area (Å²) in [7, 11) is -4.45. The average molecular weight is 606 g/mol. The van der Waals surface area contributed by atoms with Crippen molar-refractivity contribution in [2.75, 3.05) is 17.4 Å². The van der Waals surface area contributed by atoms with Crippen LogP contribution in [0.25, 0.3) is 0 Å². The van der Waals surface area contributed by atoms with Gasteiger partial charge in [-0.15, -0.1) is 0 Å². The zero-order valence-corrected chi connectivity index (χ0v) is 24.7. The van der Waals surface area contributed by atoms with E-state index in [0.29, 0.717) is 4.31 Å². The molecule has 43 heavy (non-hydrogen) atoms. The molecule has 4 aromatic rings. The molecule has 1 atom stereocenters. The highest BCUT2D eigenvalue weighted by atomic mass is 32.2. The van der Waals surface area contributed by atoms with Crippen LogP contribution < -0.4 is 9.62 Å². The first-order valence-electron chi connectivity index (χ1n) is 13.8. The number of benzene rings is 4. The monoisotopic (exact) mass is 605 g/mol. The summed E-state index contributed by atoms with van der Waals surface area (Å²) < 4.78 is 58.5. The molecule has 0 aliphatic carbocycles. The molecule has 0 saturated carbocycles.